The fourth-order valence-corrected chi connectivity index (χ4v) is 3.05. The summed E-state index contributed by atoms with van der Waals surface area (Å²) in [5.74, 6) is 1.72. The van der Waals surface area contributed by atoms with Gasteiger partial charge in [0.25, 0.3) is 0 Å². The van der Waals surface area contributed by atoms with Gasteiger partial charge in [0.05, 0.1) is 10.0 Å². The number of hydrogen-bond acceptors (Lipinski definition) is 1. The Morgan fingerprint density at radius 2 is 1.72 bits per heavy atom. The zero-order valence-electron chi connectivity index (χ0n) is 11.0. The van der Waals surface area contributed by atoms with E-state index in [0.717, 1.165) is 17.5 Å². The largest absolute Gasteiger partial charge is 0.382 e. The topological polar surface area (TPSA) is 12.0 Å². The van der Waals surface area contributed by atoms with E-state index in [9.17, 15) is 0 Å². The highest BCUT2D eigenvalue weighted by Gasteiger charge is 2.23. The Kier molecular flexibility index (Phi) is 4.80. The minimum absolute atomic E-state index is 0.581. The van der Waals surface area contributed by atoms with Crippen molar-refractivity contribution in [1.29, 1.82) is 0 Å². The predicted octanol–water partition coefficient (Wildman–Crippen LogP) is 5.62. The van der Waals surface area contributed by atoms with Crippen molar-refractivity contribution in [3.05, 3.63) is 28.2 Å². The summed E-state index contributed by atoms with van der Waals surface area (Å²) >= 11 is 11.9. The van der Waals surface area contributed by atoms with Crippen molar-refractivity contribution in [2.24, 2.45) is 11.8 Å². The lowest BCUT2D eigenvalue weighted by Crippen LogP contribution is -2.27. The molecule has 0 heterocycles. The van der Waals surface area contributed by atoms with Gasteiger partial charge in [0, 0.05) is 11.7 Å². The molecule has 0 aromatic heterocycles. The lowest BCUT2D eigenvalue weighted by Gasteiger charge is -2.31. The molecule has 1 aliphatic rings. The van der Waals surface area contributed by atoms with E-state index in [2.05, 4.69) is 19.2 Å². The summed E-state index contributed by atoms with van der Waals surface area (Å²) in [6.45, 7) is 4.66. The Balaban J connectivity index is 1.89. The monoisotopic (exact) mass is 285 g/mol. The Morgan fingerprint density at radius 3 is 2.28 bits per heavy atom. The standard InChI is InChI=1S/C15H21Cl2N/c1-10(2)11-3-5-12(6-4-11)18-13-7-8-14(16)15(17)9-13/h7-12,18H,3-6H2,1-2H3. The van der Waals surface area contributed by atoms with E-state index in [1.54, 1.807) is 0 Å². The molecule has 18 heavy (non-hydrogen) atoms. The van der Waals surface area contributed by atoms with Crippen LogP contribution < -0.4 is 5.32 Å². The van der Waals surface area contributed by atoms with Crippen LogP contribution >= 0.6 is 23.2 Å². The molecule has 2 rings (SSSR count). The molecule has 1 aromatic rings. The third-order valence-electron chi connectivity index (χ3n) is 4.01. The molecule has 3 heteroatoms. The second-order valence-corrected chi connectivity index (χ2v) is 6.44. The van der Waals surface area contributed by atoms with Gasteiger partial charge in [0.1, 0.15) is 0 Å². The SMILES string of the molecule is CC(C)C1CCC(Nc2ccc(Cl)c(Cl)c2)CC1. The molecular formula is C15H21Cl2N. The molecule has 0 radical (unpaired) electrons. The zero-order chi connectivity index (χ0) is 13.1. The van der Waals surface area contributed by atoms with Crippen LogP contribution in [0.5, 0.6) is 0 Å². The van der Waals surface area contributed by atoms with Gasteiger partial charge in [0.2, 0.25) is 0 Å². The summed E-state index contributed by atoms with van der Waals surface area (Å²) in [5, 5.41) is 4.80. The van der Waals surface area contributed by atoms with Gasteiger partial charge < -0.3 is 5.32 Å². The molecule has 0 unspecified atom stereocenters. The maximum absolute atomic E-state index is 6.02. The normalized spacial score (nSPS) is 24.3. The van der Waals surface area contributed by atoms with Crippen molar-refractivity contribution in [1.82, 2.24) is 0 Å². The molecule has 0 saturated heterocycles. The summed E-state index contributed by atoms with van der Waals surface area (Å²) in [6, 6.07) is 6.35. The van der Waals surface area contributed by atoms with E-state index in [0.29, 0.717) is 16.1 Å². The maximum atomic E-state index is 6.02. The number of halogens is 2. The minimum atomic E-state index is 0.581. The molecule has 1 aliphatic carbocycles. The number of rotatable bonds is 3. The van der Waals surface area contributed by atoms with Crippen molar-refractivity contribution < 1.29 is 0 Å². The lowest BCUT2D eigenvalue weighted by atomic mass is 9.79. The highest BCUT2D eigenvalue weighted by Crippen LogP contribution is 2.32. The van der Waals surface area contributed by atoms with Gasteiger partial charge in [-0.15, -0.1) is 0 Å². The second kappa shape index (κ2) is 6.16. The molecule has 0 spiro atoms. The van der Waals surface area contributed by atoms with Crippen molar-refractivity contribution >= 4 is 28.9 Å². The zero-order valence-corrected chi connectivity index (χ0v) is 12.6. The summed E-state index contributed by atoms with van der Waals surface area (Å²) in [6.07, 6.45) is 5.17. The Labute approximate surface area is 120 Å². The van der Waals surface area contributed by atoms with Crippen LogP contribution in [0.1, 0.15) is 39.5 Å². The average molecular weight is 286 g/mol. The number of hydrogen-bond donors (Lipinski definition) is 1. The molecule has 0 aliphatic heterocycles. The van der Waals surface area contributed by atoms with Gasteiger partial charge >= 0.3 is 0 Å². The first kappa shape index (κ1) is 14.0. The first-order valence-corrected chi connectivity index (χ1v) is 7.53. The van der Waals surface area contributed by atoms with E-state index in [1.165, 1.54) is 25.7 Å². The molecule has 1 saturated carbocycles. The summed E-state index contributed by atoms with van der Waals surface area (Å²) in [7, 11) is 0. The highest BCUT2D eigenvalue weighted by molar-refractivity contribution is 6.42. The predicted molar refractivity (Wildman–Crippen MR) is 80.7 cm³/mol. The van der Waals surface area contributed by atoms with Crippen LogP contribution in [-0.4, -0.2) is 6.04 Å². The van der Waals surface area contributed by atoms with Crippen molar-refractivity contribution in [2.75, 3.05) is 5.32 Å². The van der Waals surface area contributed by atoms with Crippen LogP contribution in [-0.2, 0) is 0 Å². The molecule has 1 nitrogen and oxygen atoms in total. The molecule has 0 amide bonds. The van der Waals surface area contributed by atoms with Crippen molar-refractivity contribution in [2.45, 2.75) is 45.6 Å². The van der Waals surface area contributed by atoms with Gasteiger partial charge in [-0.1, -0.05) is 37.0 Å². The Morgan fingerprint density at radius 1 is 1.06 bits per heavy atom. The van der Waals surface area contributed by atoms with E-state index in [-0.39, 0.29) is 0 Å². The quantitative estimate of drug-likeness (QED) is 0.760. The summed E-state index contributed by atoms with van der Waals surface area (Å²) in [5.41, 5.74) is 1.08. The van der Waals surface area contributed by atoms with Gasteiger partial charge in [-0.25, -0.2) is 0 Å². The first-order valence-electron chi connectivity index (χ1n) is 6.78. The molecule has 1 aromatic carbocycles. The number of benzene rings is 1. The van der Waals surface area contributed by atoms with E-state index in [4.69, 9.17) is 23.2 Å². The lowest BCUT2D eigenvalue weighted by molar-refractivity contribution is 0.267. The van der Waals surface area contributed by atoms with E-state index < -0.39 is 0 Å². The third-order valence-corrected chi connectivity index (χ3v) is 4.74. The third kappa shape index (κ3) is 3.55. The number of nitrogens with one attached hydrogen (secondary N) is 1. The van der Waals surface area contributed by atoms with Crippen molar-refractivity contribution in [3.8, 4) is 0 Å². The Bertz CT molecular complexity index is 395. The second-order valence-electron chi connectivity index (χ2n) is 5.63. The van der Waals surface area contributed by atoms with Gasteiger partial charge in [-0.05, 0) is 55.7 Å². The average Bonchev–Trinajstić information content (AvgIpc) is 2.34. The van der Waals surface area contributed by atoms with Crippen molar-refractivity contribution in [3.63, 3.8) is 0 Å². The maximum Gasteiger partial charge on any atom is 0.0612 e. The number of anilines is 1. The summed E-state index contributed by atoms with van der Waals surface area (Å²) in [4.78, 5) is 0. The van der Waals surface area contributed by atoms with Crippen LogP contribution in [0.25, 0.3) is 0 Å². The molecular weight excluding hydrogens is 265 g/mol. The van der Waals surface area contributed by atoms with Gasteiger partial charge in [-0.3, -0.25) is 0 Å². The molecule has 100 valence electrons. The van der Waals surface area contributed by atoms with Gasteiger partial charge in [0.15, 0.2) is 0 Å². The van der Waals surface area contributed by atoms with E-state index >= 15 is 0 Å². The fraction of sp³-hybridized carbons (Fsp3) is 0.600. The highest BCUT2D eigenvalue weighted by atomic mass is 35.5. The molecule has 1 N–H and O–H groups in total. The minimum Gasteiger partial charge on any atom is -0.382 e. The van der Waals surface area contributed by atoms with Crippen LogP contribution in [0.4, 0.5) is 5.69 Å². The Hall–Kier alpha value is -0.400. The first-order chi connectivity index (χ1) is 8.56. The molecule has 0 bridgehead atoms. The fourth-order valence-electron chi connectivity index (χ4n) is 2.75. The van der Waals surface area contributed by atoms with Crippen LogP contribution in [0.2, 0.25) is 10.0 Å². The molecule has 1 fully saturated rings. The van der Waals surface area contributed by atoms with Crippen LogP contribution in [0, 0.1) is 11.8 Å². The smallest absolute Gasteiger partial charge is 0.0612 e. The molecule has 0 atom stereocenters. The van der Waals surface area contributed by atoms with Crippen LogP contribution in [0.3, 0.4) is 0 Å². The van der Waals surface area contributed by atoms with Gasteiger partial charge in [-0.2, -0.15) is 0 Å². The van der Waals surface area contributed by atoms with Crippen LogP contribution in [0.15, 0.2) is 18.2 Å². The van der Waals surface area contributed by atoms with E-state index in [1.807, 2.05) is 18.2 Å². The summed E-state index contributed by atoms with van der Waals surface area (Å²) < 4.78 is 0.